The molecule has 0 amide bonds. The number of nitrogens with one attached hydrogen (secondary N) is 5. The van der Waals surface area contributed by atoms with Gasteiger partial charge in [-0.25, -0.2) is 43.7 Å². The summed E-state index contributed by atoms with van der Waals surface area (Å²) in [6.07, 6.45) is 24.0. The summed E-state index contributed by atoms with van der Waals surface area (Å²) in [4.78, 5) is 160. The number of anilines is 4. The van der Waals surface area contributed by atoms with Crippen molar-refractivity contribution in [2.24, 2.45) is 52.3 Å². The molecular formula is C74H100BBr2N28O15S. The van der Waals surface area contributed by atoms with Gasteiger partial charge in [0.25, 0.3) is 33.4 Å². The number of fused-ring (bicyclic) bond motifs is 3. The number of rotatable bonds is 19. The van der Waals surface area contributed by atoms with Crippen LogP contribution in [0.4, 0.5) is 23.1 Å². The fourth-order valence-corrected chi connectivity index (χ4v) is 12.4. The molecule has 1 radical (unpaired) electrons. The van der Waals surface area contributed by atoms with E-state index >= 15 is 0 Å². The van der Waals surface area contributed by atoms with E-state index in [0.29, 0.717) is 82.5 Å². The van der Waals surface area contributed by atoms with Crippen molar-refractivity contribution < 1.29 is 13.6 Å². The number of imidazole rings is 3. The van der Waals surface area contributed by atoms with Crippen LogP contribution in [0.25, 0.3) is 33.5 Å². The van der Waals surface area contributed by atoms with Gasteiger partial charge in [0.2, 0.25) is 0 Å². The summed E-state index contributed by atoms with van der Waals surface area (Å²) in [6, 6.07) is 10.7. The Kier molecular flexibility index (Phi) is 34.2. The van der Waals surface area contributed by atoms with Crippen LogP contribution >= 0.6 is 44.7 Å². The van der Waals surface area contributed by atoms with E-state index < -0.39 is 39.4 Å². The van der Waals surface area contributed by atoms with Gasteiger partial charge in [0, 0.05) is 141 Å². The number of hydrogen-bond donors (Lipinski definition) is 10. The summed E-state index contributed by atoms with van der Waals surface area (Å²) in [6.45, 7) is 7.93. The van der Waals surface area contributed by atoms with Crippen molar-refractivity contribution in [3.8, 4) is 6.07 Å². The molecule has 0 aromatic carbocycles. The molecule has 12 aromatic heterocycles. The van der Waals surface area contributed by atoms with E-state index in [-0.39, 0.29) is 50.0 Å². The van der Waals surface area contributed by atoms with Gasteiger partial charge < -0.3 is 55.5 Å². The van der Waals surface area contributed by atoms with E-state index in [2.05, 4.69) is 112 Å². The van der Waals surface area contributed by atoms with Crippen LogP contribution in [-0.4, -0.2) is 126 Å². The van der Waals surface area contributed by atoms with Crippen LogP contribution in [0, 0.1) is 32.1 Å². The Morgan fingerprint density at radius 3 is 1.24 bits per heavy atom. The summed E-state index contributed by atoms with van der Waals surface area (Å²) in [5.41, 5.74) is 22.7. The molecule has 5 saturated carbocycles. The van der Waals surface area contributed by atoms with Crippen LogP contribution in [0.3, 0.4) is 0 Å². The van der Waals surface area contributed by atoms with Crippen LogP contribution in [-0.2, 0) is 74.6 Å². The zero-order valence-electron chi connectivity index (χ0n) is 68.7. The minimum atomic E-state index is -0.518. The molecule has 43 nitrogen and oxygen atoms in total. The van der Waals surface area contributed by atoms with Gasteiger partial charge in [-0.3, -0.25) is 85.2 Å². The second kappa shape index (κ2) is 43.8. The Labute approximate surface area is 710 Å². The van der Waals surface area contributed by atoms with E-state index in [0.717, 1.165) is 151 Å². The van der Waals surface area contributed by atoms with Gasteiger partial charge in [-0.2, -0.15) is 5.26 Å². The summed E-state index contributed by atoms with van der Waals surface area (Å²) in [5.74, 6) is 3.14. The van der Waals surface area contributed by atoms with E-state index in [1.165, 1.54) is 81.2 Å². The Morgan fingerprint density at radius 2 is 0.876 bits per heavy atom. The number of aryl methyl sites for hydroxylation is 9. The van der Waals surface area contributed by atoms with Crippen molar-refractivity contribution in [3.05, 3.63) is 207 Å². The van der Waals surface area contributed by atoms with Crippen LogP contribution in [0.5, 0.6) is 0 Å². The molecule has 0 unspecified atom stereocenters. The molecule has 0 atom stereocenters. The van der Waals surface area contributed by atoms with Gasteiger partial charge in [-0.1, -0.05) is 31.4 Å². The summed E-state index contributed by atoms with van der Waals surface area (Å²) in [5, 5.41) is 22.9. The quantitative estimate of drug-likeness (QED) is 0.0239. The van der Waals surface area contributed by atoms with Crippen LogP contribution < -0.4 is 95.7 Å². The van der Waals surface area contributed by atoms with Crippen molar-refractivity contribution in [1.82, 2.24) is 101 Å². The molecule has 5 aliphatic rings. The first-order chi connectivity index (χ1) is 57.6. The third-order valence-corrected chi connectivity index (χ3v) is 20.5. The number of aromatic amines is 4. The number of alkyl halides is 1. The Bertz CT molecular complexity index is 6210. The number of halogens is 2. The summed E-state index contributed by atoms with van der Waals surface area (Å²) >= 11 is 9.51. The zero-order valence-corrected chi connectivity index (χ0v) is 72.8. The van der Waals surface area contributed by atoms with Crippen LogP contribution in [0.1, 0.15) is 162 Å². The normalized spacial score (nSPS) is 13.5. The number of nitriles is 1. The molecule has 0 spiro atoms. The Morgan fingerprint density at radius 1 is 0.521 bits per heavy atom. The first kappa shape index (κ1) is 94.4. The molecule has 0 bridgehead atoms. The first-order valence-corrected chi connectivity index (χ1v) is 41.0. The SMILES string of the molecule is CC#N.Cc1cc(CCCCBr)on1.Cc1cc(CCCCn2c(=O)c3c(ncn3C3CC3)n(C)c2=O)on1.Cc1cc(CCCCn2c(=O)c3c(ncn3C3CC3)n(C)c2=O)on1.Cn1c(=O)[nH]c(=O)c2c1ncn2C1CC1.Cn1c(N)c(Br)c(=O)[nH]c1=O.Cn1c(N)c(NC2CC2)c(=O)[nH]c1=O.Cn1c(N)cc(=O)[nH]c1=O.NC1CC1.[B]=NS. The fraction of sp³-hybridized carbons (Fsp3) is 0.500. The van der Waals surface area contributed by atoms with Gasteiger partial charge in [0.1, 0.15) is 44.9 Å². The molecule has 0 saturated heterocycles. The van der Waals surface area contributed by atoms with E-state index in [1.54, 1.807) is 46.2 Å². The Balaban J connectivity index is 0.000000177. The van der Waals surface area contributed by atoms with Gasteiger partial charge in [0.05, 0.1) is 42.1 Å². The van der Waals surface area contributed by atoms with Gasteiger partial charge in [-0.15, -0.1) is 0 Å². The van der Waals surface area contributed by atoms with Crippen molar-refractivity contribution in [3.63, 3.8) is 0 Å². The number of nitrogens with zero attached hydrogens (tertiary/aromatic N) is 19. The van der Waals surface area contributed by atoms with Crippen molar-refractivity contribution in [2.45, 2.75) is 193 Å². The van der Waals surface area contributed by atoms with E-state index in [9.17, 15) is 57.5 Å². The topological polar surface area (TPSA) is 591 Å². The van der Waals surface area contributed by atoms with Crippen molar-refractivity contribution >= 4 is 109 Å². The second-order valence-corrected chi connectivity index (χ2v) is 30.9. The maximum absolute atomic E-state index is 12.8. The van der Waals surface area contributed by atoms with Gasteiger partial charge in [0.15, 0.2) is 33.5 Å². The third kappa shape index (κ3) is 26.0. The molecule has 12 heterocycles. The second-order valence-electron chi connectivity index (χ2n) is 29.1. The zero-order chi connectivity index (χ0) is 88.8. The monoisotopic (exact) mass is 1820 g/mol. The molecule has 5 fully saturated rings. The first-order valence-electron chi connectivity index (χ1n) is 38.7. The predicted octanol–water partition coefficient (Wildman–Crippen LogP) is 3.69. The average molecular weight is 1820 g/mol. The molecule has 121 heavy (non-hydrogen) atoms. The molecule has 0 aliphatic heterocycles. The standard InChI is InChI=1S/2C17H21N5O3.C9H10N4O2.C8H12BrNO.C8H12N4O2.C5H6BrN3O2.C5H7N3O2.C3H7N.C2H3N.BHNS/c2*1-11-9-13(25-19-11)5-3-4-8-21-16(23)14-15(20(2)17(21)24)18-10-22(14)12-6-7-12;1-12-7-6(8(14)11-9(12)15)13(4-10-7)5-2-3-5;1-7-6-8(11-10-7)4-2-3-5-9;1-12-6(9)5(10-4-2-3-4)7(13)11-8(12)14;1-9-3(7)2(6)4(10)8-5(9)11;1-8-3(6)2-4(9)7-5(8)10;4-3-1-2-3;2*1-2-3/h2*9-10,12H,3-8H2,1-2H3;4-5H,2-3H2,1H3,(H,11,14,15);6H,2-5H2,1H3;4,10H,2-3,9H2,1H3,(H,11,13,14);7H2,1H3,(H,8,10,11);2H,6H2,1H3,(H,7,9,10);3H,1-2,4H2;1H3;3H. The molecule has 5 aliphatic carbocycles. The molecular weight excluding hydrogens is 1720 g/mol. The average Bonchev–Trinajstić information content (AvgIpc) is 1.60. The third-order valence-electron chi connectivity index (χ3n) is 19.1. The molecule has 649 valence electrons. The Hall–Kier alpha value is -12.1. The van der Waals surface area contributed by atoms with Crippen molar-refractivity contribution in [1.29, 1.82) is 5.26 Å². The summed E-state index contributed by atoms with van der Waals surface area (Å²) < 4.78 is 34.4. The maximum atomic E-state index is 12.8. The number of thiol groups is 1. The number of hydrogen-bond acceptors (Lipinski definition) is 29. The van der Waals surface area contributed by atoms with E-state index in [1.807, 2.05) is 52.7 Å². The molecule has 12 aromatic rings. The number of unbranched alkanes of at least 4 members (excludes halogenated alkanes) is 3. The number of aromatic nitrogens is 21. The summed E-state index contributed by atoms with van der Waals surface area (Å²) in [7, 11) is 13.7. The minimum absolute atomic E-state index is 0.124. The predicted molar refractivity (Wildman–Crippen MR) is 465 cm³/mol. The van der Waals surface area contributed by atoms with Crippen molar-refractivity contribution in [2.75, 3.05) is 27.8 Å². The number of nitrogen functional groups attached to an aromatic ring is 3. The molecule has 17 rings (SSSR count). The molecule has 47 heteroatoms. The number of H-pyrrole nitrogens is 4. The van der Waals surface area contributed by atoms with Crippen LogP contribution in [0.2, 0.25) is 0 Å². The number of nitrogens with two attached hydrogens (primary N) is 4. The van der Waals surface area contributed by atoms with Gasteiger partial charge >= 0.3 is 58.9 Å². The fourth-order valence-electron chi connectivity index (χ4n) is 11.6. The van der Waals surface area contributed by atoms with E-state index in [4.69, 9.17) is 41.8 Å². The molecule has 13 N–H and O–H groups in total. The van der Waals surface area contributed by atoms with Gasteiger partial charge in [-0.05, 0) is 139 Å². The van der Waals surface area contributed by atoms with Crippen LogP contribution in [0.15, 0.2) is 123 Å².